The summed E-state index contributed by atoms with van der Waals surface area (Å²) >= 11 is 0. The summed E-state index contributed by atoms with van der Waals surface area (Å²) in [5.74, 6) is -0.295. The van der Waals surface area contributed by atoms with E-state index in [1.807, 2.05) is 87.5 Å². The molecule has 46 heavy (non-hydrogen) atoms. The van der Waals surface area contributed by atoms with Crippen molar-refractivity contribution in [2.45, 2.75) is 64.4 Å². The number of anilines is 1. The van der Waals surface area contributed by atoms with Gasteiger partial charge >= 0.3 is 0 Å². The highest BCUT2D eigenvalue weighted by Crippen LogP contribution is 2.27. The van der Waals surface area contributed by atoms with E-state index in [2.05, 4.69) is 19.2 Å². The van der Waals surface area contributed by atoms with Gasteiger partial charge in [0.25, 0.3) is 10.0 Å². The van der Waals surface area contributed by atoms with E-state index in [-0.39, 0.29) is 35.6 Å². The Kier molecular flexibility index (Phi) is 11.8. The lowest BCUT2D eigenvalue weighted by Gasteiger charge is -2.34. The average Bonchev–Trinajstić information content (AvgIpc) is 3.05. The van der Waals surface area contributed by atoms with Crippen molar-refractivity contribution in [3.05, 3.63) is 131 Å². The summed E-state index contributed by atoms with van der Waals surface area (Å²) < 4.78 is 29.5. The van der Waals surface area contributed by atoms with Crippen molar-refractivity contribution in [2.75, 3.05) is 17.4 Å². The third kappa shape index (κ3) is 9.07. The molecule has 1 atom stereocenters. The Morgan fingerprint density at radius 3 is 1.89 bits per heavy atom. The number of carbonyl (C=O) groups is 2. The van der Waals surface area contributed by atoms with Gasteiger partial charge in [-0.3, -0.25) is 13.9 Å². The summed E-state index contributed by atoms with van der Waals surface area (Å²) in [7, 11) is -4.14. The van der Waals surface area contributed by atoms with E-state index >= 15 is 0 Å². The molecule has 7 nitrogen and oxygen atoms in total. The Hall–Kier alpha value is -4.43. The highest BCUT2D eigenvalue weighted by Gasteiger charge is 2.34. The van der Waals surface area contributed by atoms with E-state index in [9.17, 15) is 18.0 Å². The lowest BCUT2D eigenvalue weighted by atomic mass is 10.0. The maximum Gasteiger partial charge on any atom is 0.264 e. The van der Waals surface area contributed by atoms with Crippen molar-refractivity contribution in [1.29, 1.82) is 0 Å². The molecule has 0 saturated carbocycles. The average molecular weight is 640 g/mol. The van der Waals surface area contributed by atoms with Gasteiger partial charge in [0.15, 0.2) is 0 Å². The molecule has 0 fully saturated rings. The van der Waals surface area contributed by atoms with Crippen molar-refractivity contribution in [3.63, 3.8) is 0 Å². The number of nitrogens with zero attached hydrogens (tertiary/aromatic N) is 2. The van der Waals surface area contributed by atoms with Crippen LogP contribution >= 0.6 is 0 Å². The monoisotopic (exact) mass is 639 g/mol. The lowest BCUT2D eigenvalue weighted by Crippen LogP contribution is -2.53. The van der Waals surface area contributed by atoms with Crippen LogP contribution in [0.5, 0.6) is 0 Å². The summed E-state index contributed by atoms with van der Waals surface area (Å²) in [5.41, 5.74) is 4.24. The molecule has 4 aromatic rings. The zero-order chi connectivity index (χ0) is 33.3. The summed E-state index contributed by atoms with van der Waals surface area (Å²) in [6.45, 7) is 10.3. The van der Waals surface area contributed by atoms with Gasteiger partial charge in [-0.25, -0.2) is 8.42 Å². The molecule has 242 valence electrons. The van der Waals surface area contributed by atoms with Gasteiger partial charge in [0.2, 0.25) is 11.8 Å². The largest absolute Gasteiger partial charge is 0.354 e. The predicted molar refractivity (Wildman–Crippen MR) is 185 cm³/mol. The number of amides is 2. The summed E-state index contributed by atoms with van der Waals surface area (Å²) in [5, 5.41) is 3.03. The number of nitrogens with one attached hydrogen (secondary N) is 1. The molecule has 0 heterocycles. The van der Waals surface area contributed by atoms with Gasteiger partial charge in [0, 0.05) is 19.5 Å². The minimum atomic E-state index is -4.14. The number of hydrogen-bond donors (Lipinski definition) is 1. The number of sulfonamides is 1. The fourth-order valence-corrected chi connectivity index (χ4v) is 6.58. The fraction of sp³-hybridized carbons (Fsp3) is 0.316. The SMILES string of the molecule is Cc1ccc(CN(C(=O)CN(c2ccc(C(C)C)cc2)S(=O)(=O)c2ccccc2)[C@@H](Cc2ccccc2)C(=O)NCC(C)C)cc1. The molecule has 8 heteroatoms. The molecule has 0 spiro atoms. The van der Waals surface area contributed by atoms with Crippen LogP contribution in [0.1, 0.15) is 55.9 Å². The first-order chi connectivity index (χ1) is 22.0. The van der Waals surface area contributed by atoms with E-state index < -0.39 is 28.5 Å². The minimum Gasteiger partial charge on any atom is -0.354 e. The first-order valence-corrected chi connectivity index (χ1v) is 17.2. The molecule has 0 radical (unpaired) electrons. The van der Waals surface area contributed by atoms with Crippen molar-refractivity contribution in [1.82, 2.24) is 10.2 Å². The zero-order valence-electron chi connectivity index (χ0n) is 27.4. The van der Waals surface area contributed by atoms with E-state index in [1.54, 1.807) is 30.3 Å². The Balaban J connectivity index is 1.79. The van der Waals surface area contributed by atoms with Crippen molar-refractivity contribution < 1.29 is 18.0 Å². The fourth-order valence-electron chi connectivity index (χ4n) is 5.14. The second-order valence-electron chi connectivity index (χ2n) is 12.4. The molecule has 0 unspecified atom stereocenters. The van der Waals surface area contributed by atoms with Gasteiger partial charge in [-0.2, -0.15) is 0 Å². The molecule has 0 aliphatic heterocycles. The zero-order valence-corrected chi connectivity index (χ0v) is 28.2. The Bertz CT molecular complexity index is 1670. The van der Waals surface area contributed by atoms with Gasteiger partial charge in [-0.1, -0.05) is 118 Å². The first kappa shape index (κ1) is 34.4. The molecule has 0 aromatic heterocycles. The minimum absolute atomic E-state index is 0.0799. The summed E-state index contributed by atoms with van der Waals surface area (Å²) in [6, 6.07) is 31.9. The van der Waals surface area contributed by atoms with Crippen LogP contribution in [0.3, 0.4) is 0 Å². The highest BCUT2D eigenvalue weighted by molar-refractivity contribution is 7.92. The third-order valence-corrected chi connectivity index (χ3v) is 9.68. The summed E-state index contributed by atoms with van der Waals surface area (Å²) in [6.07, 6.45) is 0.275. The van der Waals surface area contributed by atoms with Crippen molar-refractivity contribution in [2.24, 2.45) is 5.92 Å². The van der Waals surface area contributed by atoms with E-state index in [4.69, 9.17) is 0 Å². The number of benzene rings is 4. The maximum absolute atomic E-state index is 14.6. The second kappa shape index (κ2) is 15.7. The first-order valence-electron chi connectivity index (χ1n) is 15.8. The number of carbonyl (C=O) groups excluding carboxylic acids is 2. The number of hydrogen-bond acceptors (Lipinski definition) is 4. The third-order valence-electron chi connectivity index (χ3n) is 7.89. The molecule has 2 amide bonds. The highest BCUT2D eigenvalue weighted by atomic mass is 32.2. The Morgan fingerprint density at radius 2 is 1.33 bits per heavy atom. The number of aryl methyl sites for hydroxylation is 1. The van der Waals surface area contributed by atoms with Crippen LogP contribution in [0.4, 0.5) is 5.69 Å². The molecule has 0 saturated heterocycles. The molecular formula is C38H45N3O4S. The maximum atomic E-state index is 14.6. The van der Waals surface area contributed by atoms with Gasteiger partial charge < -0.3 is 10.2 Å². The Labute approximate surface area is 274 Å². The van der Waals surface area contributed by atoms with Crippen LogP contribution in [-0.4, -0.2) is 44.3 Å². The van der Waals surface area contributed by atoms with Gasteiger partial charge in [0.05, 0.1) is 10.6 Å². The molecule has 4 rings (SSSR count). The topological polar surface area (TPSA) is 86.8 Å². The quantitative estimate of drug-likeness (QED) is 0.166. The smallest absolute Gasteiger partial charge is 0.264 e. The molecule has 4 aromatic carbocycles. The van der Waals surface area contributed by atoms with E-state index in [0.717, 1.165) is 26.6 Å². The van der Waals surface area contributed by atoms with Gasteiger partial charge in [0.1, 0.15) is 12.6 Å². The Morgan fingerprint density at radius 1 is 0.739 bits per heavy atom. The molecule has 1 N–H and O–H groups in total. The van der Waals surface area contributed by atoms with Gasteiger partial charge in [-0.15, -0.1) is 0 Å². The molecule has 0 bridgehead atoms. The van der Waals surface area contributed by atoms with Crippen LogP contribution in [0.2, 0.25) is 0 Å². The lowest BCUT2D eigenvalue weighted by molar-refractivity contribution is -0.140. The predicted octanol–water partition coefficient (Wildman–Crippen LogP) is 6.73. The van der Waals surface area contributed by atoms with Gasteiger partial charge in [-0.05, 0) is 59.7 Å². The molecule has 0 aliphatic rings. The van der Waals surface area contributed by atoms with Crippen LogP contribution in [0.15, 0.2) is 114 Å². The second-order valence-corrected chi connectivity index (χ2v) is 14.3. The van der Waals surface area contributed by atoms with Crippen LogP contribution in [-0.2, 0) is 32.6 Å². The van der Waals surface area contributed by atoms with E-state index in [1.165, 1.54) is 17.0 Å². The standard InChI is InChI=1S/C38H45N3O4S/c1-28(2)25-39-38(43)36(24-31-12-8-6-9-13-31)40(26-32-18-16-30(5)17-19-32)37(42)27-41(34-22-20-33(21-23-34)29(3)4)46(44,45)35-14-10-7-11-15-35/h6-23,28-29,36H,24-27H2,1-5H3,(H,39,43)/t36-/m0/s1. The van der Waals surface area contributed by atoms with Crippen molar-refractivity contribution >= 4 is 27.5 Å². The van der Waals surface area contributed by atoms with Crippen molar-refractivity contribution in [3.8, 4) is 0 Å². The normalized spacial score (nSPS) is 12.2. The van der Waals surface area contributed by atoms with Crippen LogP contribution in [0.25, 0.3) is 0 Å². The van der Waals surface area contributed by atoms with Crippen LogP contribution in [0, 0.1) is 12.8 Å². The number of rotatable bonds is 14. The molecule has 0 aliphatic carbocycles. The summed E-state index contributed by atoms with van der Waals surface area (Å²) in [4.78, 5) is 30.1. The van der Waals surface area contributed by atoms with Crippen LogP contribution < -0.4 is 9.62 Å². The van der Waals surface area contributed by atoms with E-state index in [0.29, 0.717) is 12.2 Å². The molecular weight excluding hydrogens is 595 g/mol.